The standard InChI is InChI=1S/C36H28O2/c1-24-11-12-26-20-29(16-13-25(26)19-24)36(34-9-5-3-7-32(34)33-8-4-6-10-35(33)36)30-17-14-28-22-31(38-23-37-2)18-15-27(28)21-30/h3-22H,23H2,1-2H3. The first-order chi connectivity index (χ1) is 18.7. The van der Waals surface area contributed by atoms with Crippen LogP contribution in [-0.4, -0.2) is 13.9 Å². The van der Waals surface area contributed by atoms with Crippen molar-refractivity contribution in [2.75, 3.05) is 13.9 Å². The van der Waals surface area contributed by atoms with Gasteiger partial charge in [0.15, 0.2) is 6.79 Å². The monoisotopic (exact) mass is 492 g/mol. The molecule has 2 heteroatoms. The summed E-state index contributed by atoms with van der Waals surface area (Å²) in [6.45, 7) is 2.39. The molecule has 0 N–H and O–H groups in total. The van der Waals surface area contributed by atoms with E-state index >= 15 is 0 Å². The maximum Gasteiger partial charge on any atom is 0.188 e. The Balaban J connectivity index is 1.53. The summed E-state index contributed by atoms with van der Waals surface area (Å²) in [7, 11) is 1.64. The molecule has 0 heterocycles. The highest BCUT2D eigenvalue weighted by Crippen LogP contribution is 2.56. The summed E-state index contributed by atoms with van der Waals surface area (Å²) in [6.07, 6.45) is 0. The summed E-state index contributed by atoms with van der Waals surface area (Å²) in [6, 6.07) is 44.6. The molecule has 0 amide bonds. The molecule has 1 aliphatic rings. The molecule has 184 valence electrons. The molecule has 0 atom stereocenters. The number of hydrogen-bond acceptors (Lipinski definition) is 2. The normalized spacial score (nSPS) is 13.4. The first-order valence-electron chi connectivity index (χ1n) is 13.0. The van der Waals surface area contributed by atoms with E-state index in [1.54, 1.807) is 7.11 Å². The van der Waals surface area contributed by atoms with Crippen LogP contribution in [0, 0.1) is 6.92 Å². The number of methoxy groups -OCH3 is 1. The second-order valence-corrected chi connectivity index (χ2v) is 10.2. The highest BCUT2D eigenvalue weighted by Gasteiger charge is 2.46. The maximum atomic E-state index is 5.70. The van der Waals surface area contributed by atoms with Crippen LogP contribution in [0.25, 0.3) is 32.7 Å². The fourth-order valence-electron chi connectivity index (χ4n) is 6.30. The van der Waals surface area contributed by atoms with Gasteiger partial charge in [-0.25, -0.2) is 0 Å². The van der Waals surface area contributed by atoms with Gasteiger partial charge in [-0.1, -0.05) is 103 Å². The minimum atomic E-state index is -0.425. The molecule has 0 fully saturated rings. The van der Waals surface area contributed by atoms with Crippen LogP contribution in [0.15, 0.2) is 121 Å². The maximum absolute atomic E-state index is 5.70. The number of hydrogen-bond donors (Lipinski definition) is 0. The van der Waals surface area contributed by atoms with Gasteiger partial charge in [0, 0.05) is 7.11 Å². The van der Waals surface area contributed by atoms with Gasteiger partial charge in [-0.15, -0.1) is 0 Å². The van der Waals surface area contributed by atoms with E-state index in [4.69, 9.17) is 9.47 Å². The van der Waals surface area contributed by atoms with Crippen molar-refractivity contribution in [3.8, 4) is 16.9 Å². The van der Waals surface area contributed by atoms with Crippen molar-refractivity contribution >= 4 is 21.5 Å². The third kappa shape index (κ3) is 3.38. The molecule has 0 unspecified atom stereocenters. The Morgan fingerprint density at radius 2 is 1.08 bits per heavy atom. The average Bonchev–Trinajstić information content (AvgIpc) is 3.27. The predicted octanol–water partition coefficient (Wildman–Crippen LogP) is 8.65. The van der Waals surface area contributed by atoms with Gasteiger partial charge in [0.05, 0.1) is 5.41 Å². The van der Waals surface area contributed by atoms with E-state index in [9.17, 15) is 0 Å². The lowest BCUT2D eigenvalue weighted by atomic mass is 9.67. The third-order valence-electron chi connectivity index (χ3n) is 7.97. The molecule has 0 aliphatic heterocycles. The lowest BCUT2D eigenvalue weighted by molar-refractivity contribution is 0.0512. The Morgan fingerprint density at radius 1 is 0.553 bits per heavy atom. The molecular formula is C36H28O2. The second kappa shape index (κ2) is 8.86. The first-order valence-corrected chi connectivity index (χ1v) is 13.0. The van der Waals surface area contributed by atoms with Gasteiger partial charge in [0.25, 0.3) is 0 Å². The Bertz CT molecular complexity index is 1790. The Hall–Kier alpha value is -4.40. The van der Waals surface area contributed by atoms with E-state index in [0.29, 0.717) is 0 Å². The molecule has 0 saturated carbocycles. The van der Waals surface area contributed by atoms with Crippen molar-refractivity contribution in [1.29, 1.82) is 0 Å². The molecule has 38 heavy (non-hydrogen) atoms. The average molecular weight is 493 g/mol. The van der Waals surface area contributed by atoms with Gasteiger partial charge in [0.1, 0.15) is 5.75 Å². The molecule has 0 aromatic heterocycles. The van der Waals surface area contributed by atoms with Crippen LogP contribution in [0.1, 0.15) is 27.8 Å². The number of rotatable bonds is 5. The molecule has 2 nitrogen and oxygen atoms in total. The summed E-state index contributed by atoms with van der Waals surface area (Å²) >= 11 is 0. The van der Waals surface area contributed by atoms with E-state index in [1.165, 1.54) is 55.1 Å². The zero-order valence-electron chi connectivity index (χ0n) is 21.6. The number of aryl methyl sites for hydroxylation is 1. The van der Waals surface area contributed by atoms with Gasteiger partial charge < -0.3 is 9.47 Å². The predicted molar refractivity (Wildman–Crippen MR) is 156 cm³/mol. The summed E-state index contributed by atoms with van der Waals surface area (Å²) in [5.74, 6) is 0.809. The van der Waals surface area contributed by atoms with Crippen molar-refractivity contribution in [2.45, 2.75) is 12.3 Å². The van der Waals surface area contributed by atoms with Crippen LogP contribution in [0.4, 0.5) is 0 Å². The largest absolute Gasteiger partial charge is 0.468 e. The van der Waals surface area contributed by atoms with E-state index < -0.39 is 5.41 Å². The molecule has 0 bridgehead atoms. The van der Waals surface area contributed by atoms with Crippen LogP contribution in [0.3, 0.4) is 0 Å². The van der Waals surface area contributed by atoms with E-state index in [2.05, 4.69) is 122 Å². The van der Waals surface area contributed by atoms with Crippen molar-refractivity contribution in [2.24, 2.45) is 0 Å². The molecule has 0 spiro atoms. The number of ether oxygens (including phenoxy) is 2. The topological polar surface area (TPSA) is 18.5 Å². The summed E-state index contributed by atoms with van der Waals surface area (Å²) in [5.41, 5.74) is 8.65. The van der Waals surface area contributed by atoms with Crippen molar-refractivity contribution in [3.63, 3.8) is 0 Å². The van der Waals surface area contributed by atoms with Crippen molar-refractivity contribution in [1.82, 2.24) is 0 Å². The van der Waals surface area contributed by atoms with Crippen LogP contribution in [0.5, 0.6) is 5.75 Å². The summed E-state index contributed by atoms with van der Waals surface area (Å²) in [5, 5.41) is 4.86. The number of fused-ring (bicyclic) bond motifs is 5. The Kier molecular flexibility index (Phi) is 5.31. The van der Waals surface area contributed by atoms with E-state index in [-0.39, 0.29) is 6.79 Å². The van der Waals surface area contributed by atoms with Gasteiger partial charge in [-0.3, -0.25) is 0 Å². The molecule has 0 radical (unpaired) electrons. The Labute approximate surface area is 223 Å². The molecule has 6 aromatic rings. The lowest BCUT2D eigenvalue weighted by Crippen LogP contribution is -2.28. The molecule has 6 aromatic carbocycles. The zero-order chi connectivity index (χ0) is 25.7. The molecule has 1 aliphatic carbocycles. The third-order valence-corrected chi connectivity index (χ3v) is 7.97. The lowest BCUT2D eigenvalue weighted by Gasteiger charge is -2.34. The van der Waals surface area contributed by atoms with Gasteiger partial charge in [-0.05, 0) is 86.1 Å². The van der Waals surface area contributed by atoms with Crippen LogP contribution in [-0.2, 0) is 10.2 Å². The zero-order valence-corrected chi connectivity index (χ0v) is 21.6. The Morgan fingerprint density at radius 3 is 1.71 bits per heavy atom. The molecule has 0 saturated heterocycles. The van der Waals surface area contributed by atoms with Crippen molar-refractivity contribution in [3.05, 3.63) is 149 Å². The number of benzene rings is 6. The van der Waals surface area contributed by atoms with Gasteiger partial charge >= 0.3 is 0 Å². The quantitative estimate of drug-likeness (QED) is 0.224. The van der Waals surface area contributed by atoms with Crippen LogP contribution < -0.4 is 4.74 Å². The van der Waals surface area contributed by atoms with Crippen LogP contribution >= 0.6 is 0 Å². The minimum absolute atomic E-state index is 0.238. The van der Waals surface area contributed by atoms with Crippen molar-refractivity contribution < 1.29 is 9.47 Å². The van der Waals surface area contributed by atoms with E-state index in [1.807, 2.05) is 6.07 Å². The molecular weight excluding hydrogens is 464 g/mol. The fourth-order valence-corrected chi connectivity index (χ4v) is 6.30. The van der Waals surface area contributed by atoms with E-state index in [0.717, 1.165) is 11.1 Å². The first kappa shape index (κ1) is 22.8. The molecule has 7 rings (SSSR count). The van der Waals surface area contributed by atoms with Gasteiger partial charge in [-0.2, -0.15) is 0 Å². The SMILES string of the molecule is COCOc1ccc2cc(C3(c4ccc5cc(C)ccc5c4)c4ccccc4-c4ccccc43)ccc2c1. The minimum Gasteiger partial charge on any atom is -0.468 e. The summed E-state index contributed by atoms with van der Waals surface area (Å²) in [4.78, 5) is 0. The highest BCUT2D eigenvalue weighted by molar-refractivity contribution is 5.92. The smallest absolute Gasteiger partial charge is 0.188 e. The van der Waals surface area contributed by atoms with Crippen LogP contribution in [0.2, 0.25) is 0 Å². The van der Waals surface area contributed by atoms with Gasteiger partial charge in [0.2, 0.25) is 0 Å². The fraction of sp³-hybridized carbons (Fsp3) is 0.111. The second-order valence-electron chi connectivity index (χ2n) is 10.2. The summed E-state index contributed by atoms with van der Waals surface area (Å²) < 4.78 is 10.8. The highest BCUT2D eigenvalue weighted by atomic mass is 16.7.